The Labute approximate surface area is 127 Å². The van der Waals surface area contributed by atoms with E-state index in [1.807, 2.05) is 10.6 Å². The van der Waals surface area contributed by atoms with Crippen LogP contribution >= 0.6 is 0 Å². The smallest absolute Gasteiger partial charge is 0.250 e. The quantitative estimate of drug-likeness (QED) is 0.785. The van der Waals surface area contributed by atoms with E-state index >= 15 is 0 Å². The lowest BCUT2D eigenvalue weighted by atomic mass is 9.91. The van der Waals surface area contributed by atoms with Crippen LogP contribution in [0.2, 0.25) is 0 Å². The topological polar surface area (TPSA) is 43.3 Å². The fraction of sp³-hybridized carbons (Fsp3) is 0.706. The van der Waals surface area contributed by atoms with E-state index < -0.39 is 0 Å². The third-order valence-corrected chi connectivity index (χ3v) is 3.97. The summed E-state index contributed by atoms with van der Waals surface area (Å²) >= 11 is 0. The van der Waals surface area contributed by atoms with Crippen molar-refractivity contribution in [1.82, 2.24) is 9.88 Å². The molecule has 0 aromatic carbocycles. The van der Waals surface area contributed by atoms with Crippen LogP contribution in [0.4, 0.5) is 0 Å². The minimum absolute atomic E-state index is 0.0963. The molecule has 1 atom stereocenters. The summed E-state index contributed by atoms with van der Waals surface area (Å²) in [6.45, 7) is 9.39. The van der Waals surface area contributed by atoms with Gasteiger partial charge in [0, 0.05) is 31.0 Å². The van der Waals surface area contributed by atoms with E-state index in [4.69, 9.17) is 4.74 Å². The zero-order chi connectivity index (χ0) is 15.2. The Morgan fingerprint density at radius 1 is 1.43 bits per heavy atom. The fourth-order valence-corrected chi connectivity index (χ4v) is 3.04. The summed E-state index contributed by atoms with van der Waals surface area (Å²) in [4.78, 5) is 12.2. The van der Waals surface area contributed by atoms with E-state index in [1.54, 1.807) is 6.07 Å². The van der Waals surface area contributed by atoms with Crippen molar-refractivity contribution in [3.8, 4) is 0 Å². The average Bonchev–Trinajstić information content (AvgIpc) is 2.45. The molecule has 1 aromatic heterocycles. The van der Waals surface area contributed by atoms with Crippen LogP contribution in [0.25, 0.3) is 0 Å². The Kier molecular flexibility index (Phi) is 6.00. The molecule has 0 saturated carbocycles. The van der Waals surface area contributed by atoms with E-state index in [9.17, 15) is 4.79 Å². The molecule has 0 aliphatic heterocycles. The van der Waals surface area contributed by atoms with Crippen LogP contribution in [0.5, 0.6) is 0 Å². The predicted octanol–water partition coefficient (Wildman–Crippen LogP) is 2.51. The highest BCUT2D eigenvalue weighted by Gasteiger charge is 2.22. The van der Waals surface area contributed by atoms with Gasteiger partial charge < -0.3 is 14.6 Å². The Balaban J connectivity index is 2.13. The zero-order valence-corrected chi connectivity index (χ0v) is 13.5. The molecule has 0 spiro atoms. The molecule has 118 valence electrons. The number of fused-ring (bicyclic) bond motifs is 1. The van der Waals surface area contributed by atoms with Crippen molar-refractivity contribution in [3.05, 3.63) is 33.7 Å². The summed E-state index contributed by atoms with van der Waals surface area (Å²) in [6.07, 6.45) is 3.29. The van der Waals surface area contributed by atoms with E-state index in [0.717, 1.165) is 32.4 Å². The van der Waals surface area contributed by atoms with Crippen molar-refractivity contribution in [2.24, 2.45) is 5.92 Å². The summed E-state index contributed by atoms with van der Waals surface area (Å²) in [5.41, 5.74) is 2.60. The molecule has 1 N–H and O–H groups in total. The summed E-state index contributed by atoms with van der Waals surface area (Å²) in [7, 11) is 0. The normalized spacial score (nSPS) is 18.0. The summed E-state index contributed by atoms with van der Waals surface area (Å²) in [5.74, 6) is 0.532. The largest absolute Gasteiger partial charge is 0.379 e. The number of pyridine rings is 1. The number of aromatic nitrogens is 1. The second-order valence-corrected chi connectivity index (χ2v) is 6.20. The van der Waals surface area contributed by atoms with Crippen molar-refractivity contribution in [3.63, 3.8) is 0 Å². The lowest BCUT2D eigenvalue weighted by Crippen LogP contribution is -2.32. The molecule has 0 radical (unpaired) electrons. The van der Waals surface area contributed by atoms with E-state index in [1.165, 1.54) is 11.3 Å². The van der Waals surface area contributed by atoms with Crippen LogP contribution in [-0.2, 0) is 17.7 Å². The van der Waals surface area contributed by atoms with Crippen molar-refractivity contribution >= 4 is 0 Å². The Hall–Kier alpha value is -1.13. The Bertz CT molecular complexity index is 508. The van der Waals surface area contributed by atoms with Gasteiger partial charge in [0.05, 0.1) is 6.61 Å². The summed E-state index contributed by atoms with van der Waals surface area (Å²) in [6, 6.07) is 4.11. The molecule has 1 aliphatic rings. The molecule has 1 aliphatic carbocycles. The second kappa shape index (κ2) is 7.76. The first-order valence-electron chi connectivity index (χ1n) is 8.17. The Morgan fingerprint density at radius 3 is 2.95 bits per heavy atom. The maximum Gasteiger partial charge on any atom is 0.250 e. The van der Waals surface area contributed by atoms with Crippen molar-refractivity contribution in [1.29, 1.82) is 0 Å². The second-order valence-electron chi connectivity index (χ2n) is 6.20. The molecule has 1 unspecified atom stereocenters. The van der Waals surface area contributed by atoms with Gasteiger partial charge in [-0.3, -0.25) is 4.79 Å². The highest BCUT2D eigenvalue weighted by molar-refractivity contribution is 5.27. The number of rotatable bonds is 7. The monoisotopic (exact) mass is 292 g/mol. The maximum atomic E-state index is 12.2. The van der Waals surface area contributed by atoms with Gasteiger partial charge in [-0.15, -0.1) is 0 Å². The first kappa shape index (κ1) is 16.2. The molecular formula is C17H28N2O2. The molecule has 0 amide bonds. The summed E-state index contributed by atoms with van der Waals surface area (Å²) in [5, 5.41) is 3.52. The van der Waals surface area contributed by atoms with Crippen LogP contribution in [0.15, 0.2) is 16.9 Å². The van der Waals surface area contributed by atoms with Gasteiger partial charge in [-0.25, -0.2) is 0 Å². The molecule has 1 heterocycles. The first-order chi connectivity index (χ1) is 10.1. The average molecular weight is 292 g/mol. The molecule has 1 aromatic rings. The van der Waals surface area contributed by atoms with Gasteiger partial charge >= 0.3 is 0 Å². The summed E-state index contributed by atoms with van der Waals surface area (Å²) < 4.78 is 7.56. The van der Waals surface area contributed by atoms with E-state index in [0.29, 0.717) is 25.1 Å². The minimum atomic E-state index is 0.0963. The molecule has 2 rings (SSSR count). The van der Waals surface area contributed by atoms with E-state index in [-0.39, 0.29) is 5.56 Å². The van der Waals surface area contributed by atoms with Gasteiger partial charge in [-0.1, -0.05) is 26.8 Å². The van der Waals surface area contributed by atoms with Gasteiger partial charge in [0.1, 0.15) is 0 Å². The van der Waals surface area contributed by atoms with Crippen molar-refractivity contribution < 1.29 is 4.74 Å². The van der Waals surface area contributed by atoms with Gasteiger partial charge in [-0.2, -0.15) is 0 Å². The van der Waals surface area contributed by atoms with Gasteiger partial charge in [0.2, 0.25) is 0 Å². The van der Waals surface area contributed by atoms with Crippen molar-refractivity contribution in [2.45, 2.75) is 52.6 Å². The SMILES string of the molecule is CCNC1CCCc2c1ccc(=O)n2CCOCC(C)C. The highest BCUT2D eigenvalue weighted by Crippen LogP contribution is 2.28. The van der Waals surface area contributed by atoms with Crippen LogP contribution in [0.3, 0.4) is 0 Å². The lowest BCUT2D eigenvalue weighted by Gasteiger charge is -2.28. The van der Waals surface area contributed by atoms with Gasteiger partial charge in [0.15, 0.2) is 0 Å². The molecular weight excluding hydrogens is 264 g/mol. The lowest BCUT2D eigenvalue weighted by molar-refractivity contribution is 0.102. The van der Waals surface area contributed by atoms with E-state index in [2.05, 4.69) is 26.1 Å². The fourth-order valence-electron chi connectivity index (χ4n) is 3.04. The first-order valence-corrected chi connectivity index (χ1v) is 8.17. The maximum absolute atomic E-state index is 12.2. The van der Waals surface area contributed by atoms with Crippen LogP contribution in [0.1, 0.15) is 50.9 Å². The molecule has 4 heteroatoms. The molecule has 0 saturated heterocycles. The minimum Gasteiger partial charge on any atom is -0.379 e. The Morgan fingerprint density at radius 2 is 2.24 bits per heavy atom. The predicted molar refractivity (Wildman–Crippen MR) is 85.7 cm³/mol. The standard InChI is InChI=1S/C17H28N2O2/c1-4-18-15-6-5-7-16-14(15)8-9-17(20)19(16)10-11-21-12-13(2)3/h8-9,13,15,18H,4-7,10-12H2,1-3H3. The number of hydrogen-bond donors (Lipinski definition) is 1. The number of ether oxygens (including phenoxy) is 1. The van der Waals surface area contributed by atoms with Crippen molar-refractivity contribution in [2.75, 3.05) is 19.8 Å². The highest BCUT2D eigenvalue weighted by atomic mass is 16.5. The molecule has 0 bridgehead atoms. The number of hydrogen-bond acceptors (Lipinski definition) is 3. The molecule has 4 nitrogen and oxygen atoms in total. The van der Waals surface area contributed by atoms with Crippen LogP contribution < -0.4 is 10.9 Å². The van der Waals surface area contributed by atoms with Crippen LogP contribution in [0, 0.1) is 5.92 Å². The zero-order valence-electron chi connectivity index (χ0n) is 13.5. The number of nitrogens with one attached hydrogen (secondary N) is 1. The van der Waals surface area contributed by atoms with Crippen LogP contribution in [-0.4, -0.2) is 24.3 Å². The van der Waals surface area contributed by atoms with Gasteiger partial charge in [0.25, 0.3) is 5.56 Å². The number of nitrogens with zero attached hydrogens (tertiary/aromatic N) is 1. The molecule has 21 heavy (non-hydrogen) atoms. The molecule has 0 fully saturated rings. The third-order valence-electron chi connectivity index (χ3n) is 3.97. The third kappa shape index (κ3) is 4.17. The van der Waals surface area contributed by atoms with Gasteiger partial charge in [-0.05, 0) is 37.3 Å².